The molecule has 19 heavy (non-hydrogen) atoms. The van der Waals surface area contributed by atoms with E-state index < -0.39 is 0 Å². The van der Waals surface area contributed by atoms with Gasteiger partial charge in [0.05, 0.1) is 3.79 Å². The number of nitrogens with zero attached hydrogens (tertiary/aromatic N) is 2. The monoisotopic (exact) mass is 359 g/mol. The summed E-state index contributed by atoms with van der Waals surface area (Å²) in [5, 5.41) is 3.88. The average Bonchev–Trinajstić information content (AvgIpc) is 2.80. The van der Waals surface area contributed by atoms with Crippen molar-refractivity contribution >= 4 is 44.7 Å². The molecule has 2 heterocycles. The van der Waals surface area contributed by atoms with Gasteiger partial charge in [0.1, 0.15) is 16.8 Å². The third-order valence-electron chi connectivity index (χ3n) is 2.74. The van der Waals surface area contributed by atoms with Crippen molar-refractivity contribution in [3.63, 3.8) is 0 Å². The topological polar surface area (TPSA) is 37.8 Å². The predicted octanol–water partition coefficient (Wildman–Crippen LogP) is 4.48. The van der Waals surface area contributed by atoms with Crippen molar-refractivity contribution in [3.8, 4) is 0 Å². The van der Waals surface area contributed by atoms with E-state index in [1.807, 2.05) is 13.8 Å². The molecular weight excluding hydrogens is 346 g/mol. The Bertz CT molecular complexity index is 571. The van der Waals surface area contributed by atoms with Crippen molar-refractivity contribution in [3.05, 3.63) is 37.3 Å². The minimum Gasteiger partial charge on any atom is -0.369 e. The molecule has 6 heteroatoms. The Hall–Kier alpha value is -0.650. The first-order chi connectivity index (χ1) is 9.10. The van der Waals surface area contributed by atoms with Crippen LogP contribution in [0.15, 0.2) is 15.9 Å². The standard InChI is InChI=1S/C13H15BrClN3S/c1-3-11-17-12(15)8(2)13(18-11)16-7-6-9-4-5-10(14)19-9/h4-5H,3,6-7H2,1-2H3,(H,16,17,18). The molecule has 2 rings (SSSR count). The van der Waals surface area contributed by atoms with Gasteiger partial charge < -0.3 is 5.32 Å². The van der Waals surface area contributed by atoms with Gasteiger partial charge in [0.2, 0.25) is 0 Å². The predicted molar refractivity (Wildman–Crippen MR) is 85.4 cm³/mol. The van der Waals surface area contributed by atoms with E-state index in [0.717, 1.165) is 40.4 Å². The molecule has 0 radical (unpaired) electrons. The molecule has 0 bridgehead atoms. The van der Waals surface area contributed by atoms with Crippen molar-refractivity contribution < 1.29 is 0 Å². The van der Waals surface area contributed by atoms with E-state index in [4.69, 9.17) is 11.6 Å². The van der Waals surface area contributed by atoms with Gasteiger partial charge >= 0.3 is 0 Å². The van der Waals surface area contributed by atoms with Crippen molar-refractivity contribution in [2.24, 2.45) is 0 Å². The summed E-state index contributed by atoms with van der Waals surface area (Å²) in [6.07, 6.45) is 1.76. The van der Waals surface area contributed by atoms with E-state index in [9.17, 15) is 0 Å². The molecule has 0 aliphatic rings. The van der Waals surface area contributed by atoms with Crippen molar-refractivity contribution in [2.45, 2.75) is 26.7 Å². The van der Waals surface area contributed by atoms with Crippen LogP contribution in [0.3, 0.4) is 0 Å². The second kappa shape index (κ2) is 6.68. The van der Waals surface area contributed by atoms with Gasteiger partial charge in [-0.15, -0.1) is 11.3 Å². The Morgan fingerprint density at radius 2 is 2.16 bits per heavy atom. The maximum absolute atomic E-state index is 6.10. The lowest BCUT2D eigenvalue weighted by molar-refractivity contribution is 0.918. The molecule has 1 N–H and O–H groups in total. The number of rotatable bonds is 5. The number of hydrogen-bond acceptors (Lipinski definition) is 4. The van der Waals surface area contributed by atoms with E-state index >= 15 is 0 Å². The molecule has 0 aliphatic heterocycles. The highest BCUT2D eigenvalue weighted by Crippen LogP contribution is 2.23. The highest BCUT2D eigenvalue weighted by molar-refractivity contribution is 9.11. The van der Waals surface area contributed by atoms with Gasteiger partial charge in [0.25, 0.3) is 0 Å². The maximum atomic E-state index is 6.10. The van der Waals surface area contributed by atoms with Crippen LogP contribution < -0.4 is 5.32 Å². The van der Waals surface area contributed by atoms with E-state index in [-0.39, 0.29) is 0 Å². The number of thiophene rings is 1. The number of halogens is 2. The van der Waals surface area contributed by atoms with Crippen LogP contribution in [0.1, 0.15) is 23.2 Å². The summed E-state index contributed by atoms with van der Waals surface area (Å²) in [5.74, 6) is 1.62. The summed E-state index contributed by atoms with van der Waals surface area (Å²) >= 11 is 11.3. The Labute approximate surface area is 130 Å². The molecule has 0 atom stereocenters. The molecule has 2 aromatic heterocycles. The van der Waals surface area contributed by atoms with Crippen LogP contribution in [0.5, 0.6) is 0 Å². The van der Waals surface area contributed by atoms with Crippen molar-refractivity contribution in [1.82, 2.24) is 9.97 Å². The fourth-order valence-corrected chi connectivity index (χ4v) is 3.32. The van der Waals surface area contributed by atoms with Crippen LogP contribution >= 0.6 is 38.9 Å². The summed E-state index contributed by atoms with van der Waals surface area (Å²) in [6, 6.07) is 4.20. The quantitative estimate of drug-likeness (QED) is 0.799. The van der Waals surface area contributed by atoms with Crippen molar-refractivity contribution in [2.75, 3.05) is 11.9 Å². The van der Waals surface area contributed by atoms with E-state index in [0.29, 0.717) is 5.15 Å². The fourth-order valence-electron chi connectivity index (χ4n) is 1.65. The fraction of sp³-hybridized carbons (Fsp3) is 0.385. The van der Waals surface area contributed by atoms with Gasteiger partial charge in [0.15, 0.2) is 0 Å². The van der Waals surface area contributed by atoms with Crippen LogP contribution in [0.25, 0.3) is 0 Å². The molecule has 102 valence electrons. The minimum absolute atomic E-state index is 0.535. The summed E-state index contributed by atoms with van der Waals surface area (Å²) in [7, 11) is 0. The largest absolute Gasteiger partial charge is 0.369 e. The number of nitrogens with one attached hydrogen (secondary N) is 1. The molecule has 0 aliphatic carbocycles. The second-order valence-corrected chi connectivity index (χ2v) is 7.05. The number of aryl methyl sites for hydroxylation is 1. The Morgan fingerprint density at radius 1 is 1.37 bits per heavy atom. The zero-order valence-electron chi connectivity index (χ0n) is 10.8. The number of aromatic nitrogens is 2. The van der Waals surface area contributed by atoms with Crippen LogP contribution in [0.4, 0.5) is 5.82 Å². The number of hydrogen-bond donors (Lipinski definition) is 1. The lowest BCUT2D eigenvalue weighted by atomic mass is 10.3. The minimum atomic E-state index is 0.535. The van der Waals surface area contributed by atoms with Gasteiger partial charge in [-0.25, -0.2) is 9.97 Å². The lowest BCUT2D eigenvalue weighted by Gasteiger charge is -2.10. The normalized spacial score (nSPS) is 10.7. The first-order valence-corrected chi connectivity index (χ1v) is 8.10. The third kappa shape index (κ3) is 3.91. The van der Waals surface area contributed by atoms with E-state index in [2.05, 4.69) is 43.3 Å². The molecule has 0 amide bonds. The second-order valence-electron chi connectivity index (χ2n) is 4.14. The zero-order valence-corrected chi connectivity index (χ0v) is 14.0. The smallest absolute Gasteiger partial charge is 0.137 e. The summed E-state index contributed by atoms with van der Waals surface area (Å²) < 4.78 is 1.16. The van der Waals surface area contributed by atoms with Crippen LogP contribution in [-0.2, 0) is 12.8 Å². The third-order valence-corrected chi connectivity index (χ3v) is 4.79. The molecule has 0 saturated carbocycles. The van der Waals surface area contributed by atoms with Gasteiger partial charge in [-0.3, -0.25) is 0 Å². The Kier molecular flexibility index (Phi) is 5.19. The first kappa shape index (κ1) is 14.8. The highest BCUT2D eigenvalue weighted by Gasteiger charge is 2.08. The molecule has 0 spiro atoms. The molecule has 0 fully saturated rings. The van der Waals surface area contributed by atoms with Crippen LogP contribution in [0, 0.1) is 6.92 Å². The molecule has 0 unspecified atom stereocenters. The van der Waals surface area contributed by atoms with E-state index in [1.165, 1.54) is 4.88 Å². The maximum Gasteiger partial charge on any atom is 0.137 e. The molecule has 2 aromatic rings. The first-order valence-electron chi connectivity index (χ1n) is 6.11. The SMILES string of the molecule is CCc1nc(Cl)c(C)c(NCCc2ccc(Br)s2)n1. The highest BCUT2D eigenvalue weighted by atomic mass is 79.9. The molecular formula is C13H15BrClN3S. The van der Waals surface area contributed by atoms with Crippen LogP contribution in [0.2, 0.25) is 5.15 Å². The molecule has 0 saturated heterocycles. The lowest BCUT2D eigenvalue weighted by Crippen LogP contribution is -2.09. The van der Waals surface area contributed by atoms with Gasteiger partial charge in [-0.1, -0.05) is 18.5 Å². The number of anilines is 1. The summed E-state index contributed by atoms with van der Waals surface area (Å²) in [5.41, 5.74) is 0.909. The Balaban J connectivity index is 2.01. The van der Waals surface area contributed by atoms with Gasteiger partial charge in [0, 0.05) is 23.4 Å². The van der Waals surface area contributed by atoms with E-state index in [1.54, 1.807) is 11.3 Å². The summed E-state index contributed by atoms with van der Waals surface area (Å²) in [4.78, 5) is 10.0. The zero-order chi connectivity index (χ0) is 13.8. The molecule has 3 nitrogen and oxygen atoms in total. The Morgan fingerprint density at radius 3 is 2.79 bits per heavy atom. The van der Waals surface area contributed by atoms with Crippen LogP contribution in [-0.4, -0.2) is 16.5 Å². The van der Waals surface area contributed by atoms with Gasteiger partial charge in [-0.05, 0) is 41.4 Å². The summed E-state index contributed by atoms with van der Waals surface area (Å²) in [6.45, 7) is 4.80. The van der Waals surface area contributed by atoms with Crippen molar-refractivity contribution in [1.29, 1.82) is 0 Å². The van der Waals surface area contributed by atoms with Gasteiger partial charge in [-0.2, -0.15) is 0 Å². The average molecular weight is 361 g/mol. The molecule has 0 aromatic carbocycles.